The number of hydrogen-bond acceptors (Lipinski definition) is 2. The zero-order chi connectivity index (χ0) is 19.7. The van der Waals surface area contributed by atoms with E-state index in [4.69, 9.17) is 9.47 Å². The fourth-order valence-electron chi connectivity index (χ4n) is 5.33. The first-order valence-electron chi connectivity index (χ1n) is 10.6. The molecule has 29 heavy (non-hydrogen) atoms. The number of benzene rings is 3. The van der Waals surface area contributed by atoms with Gasteiger partial charge in [-0.05, 0) is 42.4 Å². The zero-order valence-electron chi connectivity index (χ0n) is 17.0. The van der Waals surface area contributed by atoms with Crippen LogP contribution in [0, 0.1) is 11.3 Å². The van der Waals surface area contributed by atoms with E-state index >= 15 is 0 Å². The molecule has 0 bridgehead atoms. The van der Waals surface area contributed by atoms with Gasteiger partial charge in [-0.3, -0.25) is 0 Å². The molecule has 1 heterocycles. The second kappa shape index (κ2) is 7.44. The fraction of sp³-hybridized carbons (Fsp3) is 0.333. The minimum atomic E-state index is -0.327. The molecular weight excluding hydrogens is 356 g/mol. The highest BCUT2D eigenvalue weighted by atomic mass is 16.5. The van der Waals surface area contributed by atoms with Crippen molar-refractivity contribution in [3.05, 3.63) is 108 Å². The van der Waals surface area contributed by atoms with Crippen molar-refractivity contribution in [1.82, 2.24) is 0 Å². The van der Waals surface area contributed by atoms with Crippen molar-refractivity contribution < 1.29 is 9.47 Å². The second-order valence-electron chi connectivity index (χ2n) is 8.55. The lowest BCUT2D eigenvalue weighted by Gasteiger charge is -2.40. The van der Waals surface area contributed by atoms with Gasteiger partial charge in [-0.2, -0.15) is 0 Å². The quantitative estimate of drug-likeness (QED) is 0.502. The molecule has 2 nitrogen and oxygen atoms in total. The maximum absolute atomic E-state index is 6.70. The summed E-state index contributed by atoms with van der Waals surface area (Å²) in [6, 6.07) is 32.0. The maximum atomic E-state index is 6.70. The summed E-state index contributed by atoms with van der Waals surface area (Å²) in [5.41, 5.74) is 3.50. The van der Waals surface area contributed by atoms with E-state index < -0.39 is 0 Å². The van der Waals surface area contributed by atoms with Gasteiger partial charge in [0.1, 0.15) is 0 Å². The van der Waals surface area contributed by atoms with Gasteiger partial charge < -0.3 is 9.47 Å². The topological polar surface area (TPSA) is 18.5 Å². The SMILES string of the molecule is C[C@]1(c2ccccc2)OC[C@H]2C[C@]21[C@@H](OCCc1ccccc1)c1ccccc1. The van der Waals surface area contributed by atoms with Crippen molar-refractivity contribution in [2.75, 3.05) is 13.2 Å². The summed E-state index contributed by atoms with van der Waals surface area (Å²) in [6.45, 7) is 3.80. The van der Waals surface area contributed by atoms with E-state index in [2.05, 4.69) is 97.9 Å². The highest BCUT2D eigenvalue weighted by Crippen LogP contribution is 2.74. The van der Waals surface area contributed by atoms with Crippen LogP contribution in [0.1, 0.15) is 36.1 Å². The van der Waals surface area contributed by atoms with Crippen molar-refractivity contribution in [3.63, 3.8) is 0 Å². The average molecular weight is 385 g/mol. The predicted octanol–water partition coefficient (Wildman–Crippen LogP) is 5.94. The molecule has 0 amide bonds. The van der Waals surface area contributed by atoms with E-state index in [1.807, 2.05) is 0 Å². The van der Waals surface area contributed by atoms with Crippen LogP contribution in [0.15, 0.2) is 91.0 Å². The first-order chi connectivity index (χ1) is 14.2. The van der Waals surface area contributed by atoms with Crippen LogP contribution in [0.5, 0.6) is 0 Å². The molecule has 148 valence electrons. The Morgan fingerprint density at radius 2 is 1.52 bits per heavy atom. The van der Waals surface area contributed by atoms with Gasteiger partial charge in [0.05, 0.1) is 24.9 Å². The van der Waals surface area contributed by atoms with E-state index in [-0.39, 0.29) is 17.1 Å². The van der Waals surface area contributed by atoms with Crippen LogP contribution in [-0.4, -0.2) is 13.2 Å². The third-order valence-corrected chi connectivity index (χ3v) is 7.03. The molecule has 2 heteroatoms. The Balaban J connectivity index is 1.46. The normalized spacial score (nSPS) is 28.7. The van der Waals surface area contributed by atoms with Gasteiger partial charge in [0, 0.05) is 5.41 Å². The lowest BCUT2D eigenvalue weighted by atomic mass is 9.74. The van der Waals surface area contributed by atoms with Crippen LogP contribution in [0.4, 0.5) is 0 Å². The molecule has 1 aliphatic heterocycles. The van der Waals surface area contributed by atoms with Gasteiger partial charge in [0.25, 0.3) is 0 Å². The lowest BCUT2D eigenvalue weighted by Crippen LogP contribution is -2.38. The van der Waals surface area contributed by atoms with Gasteiger partial charge >= 0.3 is 0 Å². The number of fused-ring (bicyclic) bond motifs is 1. The molecule has 3 aromatic carbocycles. The summed E-state index contributed by atoms with van der Waals surface area (Å²) in [4.78, 5) is 0. The Labute approximate surface area is 173 Å². The van der Waals surface area contributed by atoms with E-state index in [0.29, 0.717) is 12.5 Å². The summed E-state index contributed by atoms with van der Waals surface area (Å²) in [6.07, 6.45) is 2.11. The van der Waals surface area contributed by atoms with E-state index in [1.165, 1.54) is 16.7 Å². The number of rotatable bonds is 7. The van der Waals surface area contributed by atoms with Crippen molar-refractivity contribution in [1.29, 1.82) is 0 Å². The minimum absolute atomic E-state index is 0.00755. The molecular formula is C27H28O2. The molecule has 0 N–H and O–H groups in total. The Bertz CT molecular complexity index is 940. The molecule has 1 saturated heterocycles. The number of hydrogen-bond donors (Lipinski definition) is 0. The third-order valence-electron chi connectivity index (χ3n) is 7.03. The number of ether oxygens (including phenoxy) is 2. The largest absolute Gasteiger partial charge is 0.372 e. The summed E-state index contributed by atoms with van der Waals surface area (Å²) in [7, 11) is 0. The molecule has 5 rings (SSSR count). The van der Waals surface area contributed by atoms with Crippen molar-refractivity contribution >= 4 is 0 Å². The molecule has 0 unspecified atom stereocenters. The van der Waals surface area contributed by atoms with Gasteiger partial charge in [0.2, 0.25) is 0 Å². The maximum Gasteiger partial charge on any atom is 0.0991 e. The summed E-state index contributed by atoms with van der Waals surface area (Å²) < 4.78 is 13.2. The molecule has 0 spiro atoms. The van der Waals surface area contributed by atoms with Gasteiger partial charge in [0.15, 0.2) is 0 Å². The van der Waals surface area contributed by atoms with Gasteiger partial charge in [-0.25, -0.2) is 0 Å². The predicted molar refractivity (Wildman–Crippen MR) is 116 cm³/mol. The Hall–Kier alpha value is -2.42. The van der Waals surface area contributed by atoms with Crippen LogP contribution in [0.25, 0.3) is 0 Å². The summed E-state index contributed by atoms with van der Waals surface area (Å²) in [5.74, 6) is 0.551. The smallest absolute Gasteiger partial charge is 0.0991 e. The molecule has 0 aromatic heterocycles. The van der Waals surface area contributed by atoms with Gasteiger partial charge in [-0.15, -0.1) is 0 Å². The second-order valence-corrected chi connectivity index (χ2v) is 8.55. The zero-order valence-corrected chi connectivity index (χ0v) is 17.0. The highest BCUT2D eigenvalue weighted by Gasteiger charge is 2.74. The lowest BCUT2D eigenvalue weighted by molar-refractivity contribution is -0.108. The summed E-state index contributed by atoms with van der Waals surface area (Å²) in [5, 5.41) is 0. The molecule has 1 saturated carbocycles. The van der Waals surface area contributed by atoms with Gasteiger partial charge in [-0.1, -0.05) is 91.0 Å². The molecule has 0 radical (unpaired) electrons. The van der Waals surface area contributed by atoms with Crippen molar-refractivity contribution in [2.45, 2.75) is 31.5 Å². The van der Waals surface area contributed by atoms with Crippen LogP contribution >= 0.6 is 0 Å². The Kier molecular flexibility index (Phi) is 4.77. The van der Waals surface area contributed by atoms with E-state index in [1.54, 1.807) is 0 Å². The first kappa shape index (κ1) is 18.6. The van der Waals surface area contributed by atoms with Crippen molar-refractivity contribution in [3.8, 4) is 0 Å². The van der Waals surface area contributed by atoms with E-state index in [0.717, 1.165) is 19.4 Å². The van der Waals surface area contributed by atoms with Crippen LogP contribution in [-0.2, 0) is 21.5 Å². The van der Waals surface area contributed by atoms with Crippen LogP contribution in [0.2, 0.25) is 0 Å². The molecule has 1 aliphatic carbocycles. The molecule has 2 fully saturated rings. The average Bonchev–Trinajstić information content (AvgIpc) is 3.45. The first-order valence-corrected chi connectivity index (χ1v) is 10.6. The van der Waals surface area contributed by atoms with Crippen LogP contribution < -0.4 is 0 Å². The molecule has 2 aliphatic rings. The molecule has 4 atom stereocenters. The Morgan fingerprint density at radius 3 is 2.17 bits per heavy atom. The third kappa shape index (κ3) is 3.11. The fourth-order valence-corrected chi connectivity index (χ4v) is 5.33. The monoisotopic (exact) mass is 384 g/mol. The standard InChI is InChI=1S/C27H28O2/c1-26(23-15-9-4-10-16-23)27(19-24(27)20-29-26)25(22-13-7-3-8-14-22)28-18-17-21-11-5-2-6-12-21/h2-16,24-25H,17-20H2,1H3/t24-,25+,26-,27-/m1/s1. The Morgan fingerprint density at radius 1 is 0.897 bits per heavy atom. The highest BCUT2D eigenvalue weighted by molar-refractivity contribution is 5.36. The van der Waals surface area contributed by atoms with Crippen molar-refractivity contribution in [2.24, 2.45) is 11.3 Å². The minimum Gasteiger partial charge on any atom is -0.372 e. The molecule has 3 aromatic rings. The van der Waals surface area contributed by atoms with Crippen LogP contribution in [0.3, 0.4) is 0 Å². The van der Waals surface area contributed by atoms with E-state index in [9.17, 15) is 0 Å². The summed E-state index contributed by atoms with van der Waals surface area (Å²) >= 11 is 0.